The predicted octanol–water partition coefficient (Wildman–Crippen LogP) is 3.21. The van der Waals surface area contributed by atoms with Crippen LogP contribution in [0.4, 0.5) is 10.9 Å². The van der Waals surface area contributed by atoms with Gasteiger partial charge in [0, 0.05) is 17.8 Å². The Bertz CT molecular complexity index is 712. The topological polar surface area (TPSA) is 67.3 Å². The molecular weight excluding hydrogens is 324 g/mol. The van der Waals surface area contributed by atoms with Crippen LogP contribution in [0.2, 0.25) is 0 Å². The highest BCUT2D eigenvalue weighted by atomic mass is 32.1. The Balaban J connectivity index is 1.73. The summed E-state index contributed by atoms with van der Waals surface area (Å²) in [6.45, 7) is 7.68. The molecule has 1 fully saturated rings. The van der Waals surface area contributed by atoms with Crippen LogP contribution >= 0.6 is 11.3 Å². The van der Waals surface area contributed by atoms with Gasteiger partial charge >= 0.3 is 0 Å². The molecule has 128 valence electrons. The number of hydrogen-bond acceptors (Lipinski definition) is 6. The van der Waals surface area contributed by atoms with Gasteiger partial charge in [0.05, 0.1) is 24.5 Å². The molecule has 7 heteroatoms. The van der Waals surface area contributed by atoms with E-state index in [0.717, 1.165) is 22.3 Å². The molecule has 3 heterocycles. The summed E-state index contributed by atoms with van der Waals surface area (Å²) in [4.78, 5) is 24.1. The number of carbonyl (C=O) groups is 1. The van der Waals surface area contributed by atoms with E-state index in [1.54, 1.807) is 11.3 Å². The first kappa shape index (κ1) is 16.9. The maximum Gasteiger partial charge on any atom is 0.222 e. The lowest BCUT2D eigenvalue weighted by Gasteiger charge is -2.32. The number of amides is 1. The number of aromatic nitrogens is 2. The van der Waals surface area contributed by atoms with Crippen molar-refractivity contribution in [1.29, 1.82) is 0 Å². The minimum atomic E-state index is -0.184. The number of thiazole rings is 1. The number of carbonyl (C=O) groups excluding carboxylic acids is 1. The number of nitrogens with zero attached hydrogens (tertiary/aromatic N) is 3. The summed E-state index contributed by atoms with van der Waals surface area (Å²) in [7, 11) is 0. The van der Waals surface area contributed by atoms with Crippen molar-refractivity contribution in [2.24, 2.45) is 0 Å². The lowest BCUT2D eigenvalue weighted by molar-refractivity contribution is -0.138. The van der Waals surface area contributed by atoms with Gasteiger partial charge in [-0.1, -0.05) is 13.0 Å². The van der Waals surface area contributed by atoms with E-state index in [-0.39, 0.29) is 12.0 Å². The first-order valence-electron chi connectivity index (χ1n) is 8.14. The van der Waals surface area contributed by atoms with E-state index in [9.17, 15) is 4.79 Å². The molecule has 1 saturated heterocycles. The molecule has 0 saturated carbocycles. The molecule has 6 nitrogen and oxygen atoms in total. The molecule has 0 spiro atoms. The van der Waals surface area contributed by atoms with Crippen molar-refractivity contribution in [3.63, 3.8) is 0 Å². The van der Waals surface area contributed by atoms with Crippen molar-refractivity contribution in [1.82, 2.24) is 14.9 Å². The van der Waals surface area contributed by atoms with Crippen molar-refractivity contribution in [2.45, 2.75) is 33.3 Å². The van der Waals surface area contributed by atoms with Crippen molar-refractivity contribution in [3.05, 3.63) is 34.5 Å². The molecule has 1 aliphatic heterocycles. The van der Waals surface area contributed by atoms with Crippen LogP contribution in [0.3, 0.4) is 0 Å². The number of ether oxygens (including phenoxy) is 1. The van der Waals surface area contributed by atoms with Crippen LogP contribution in [0.5, 0.6) is 0 Å². The molecule has 1 aliphatic rings. The number of rotatable bonds is 4. The summed E-state index contributed by atoms with van der Waals surface area (Å²) in [5, 5.41) is 4.09. The first-order valence-corrected chi connectivity index (χ1v) is 8.96. The average molecular weight is 346 g/mol. The Labute approximate surface area is 145 Å². The van der Waals surface area contributed by atoms with Crippen LogP contribution < -0.4 is 5.32 Å². The van der Waals surface area contributed by atoms with Gasteiger partial charge in [-0.05, 0) is 26.0 Å². The monoisotopic (exact) mass is 346 g/mol. The molecule has 2 aromatic heterocycles. The highest BCUT2D eigenvalue weighted by molar-refractivity contribution is 7.15. The Morgan fingerprint density at radius 1 is 1.42 bits per heavy atom. The van der Waals surface area contributed by atoms with Gasteiger partial charge in [-0.15, -0.1) is 11.3 Å². The van der Waals surface area contributed by atoms with Crippen LogP contribution in [0.1, 0.15) is 35.7 Å². The van der Waals surface area contributed by atoms with Gasteiger partial charge in [0.15, 0.2) is 5.13 Å². The van der Waals surface area contributed by atoms with Crippen LogP contribution in [0.15, 0.2) is 18.2 Å². The summed E-state index contributed by atoms with van der Waals surface area (Å²) in [5.41, 5.74) is 1.86. The highest BCUT2D eigenvalue weighted by Gasteiger charge is 2.25. The molecule has 0 radical (unpaired) electrons. The van der Waals surface area contributed by atoms with E-state index in [1.807, 2.05) is 36.9 Å². The van der Waals surface area contributed by atoms with Crippen LogP contribution in [-0.2, 0) is 9.53 Å². The van der Waals surface area contributed by atoms with E-state index in [0.29, 0.717) is 26.1 Å². The molecule has 0 aromatic carbocycles. The zero-order valence-corrected chi connectivity index (χ0v) is 15.0. The summed E-state index contributed by atoms with van der Waals surface area (Å²) in [6.07, 6.45) is 0.334. The van der Waals surface area contributed by atoms with Crippen molar-refractivity contribution < 1.29 is 9.53 Å². The Morgan fingerprint density at radius 2 is 2.25 bits per heavy atom. The fraction of sp³-hybridized carbons (Fsp3) is 0.471. The lowest BCUT2D eigenvalue weighted by Crippen LogP contribution is -2.42. The molecule has 24 heavy (non-hydrogen) atoms. The van der Waals surface area contributed by atoms with Gasteiger partial charge in [-0.3, -0.25) is 4.79 Å². The molecule has 1 unspecified atom stereocenters. The number of morpholine rings is 1. The van der Waals surface area contributed by atoms with Gasteiger partial charge in [0.2, 0.25) is 5.91 Å². The van der Waals surface area contributed by atoms with Gasteiger partial charge < -0.3 is 15.0 Å². The minimum absolute atomic E-state index is 0.159. The van der Waals surface area contributed by atoms with E-state index in [2.05, 4.69) is 22.2 Å². The Kier molecular flexibility index (Phi) is 5.11. The van der Waals surface area contributed by atoms with Gasteiger partial charge in [0.25, 0.3) is 0 Å². The number of pyridine rings is 1. The number of hydrogen-bond donors (Lipinski definition) is 1. The van der Waals surface area contributed by atoms with Gasteiger partial charge in [-0.2, -0.15) is 0 Å². The lowest BCUT2D eigenvalue weighted by atomic mass is 10.2. The SMILES string of the molecule is CCC(=O)N1CCOC(c2cccc(Nc3nc(C)c(C)s3)n2)C1. The second-order valence-corrected chi connectivity index (χ2v) is 6.99. The predicted molar refractivity (Wildman–Crippen MR) is 94.7 cm³/mol. The molecule has 1 N–H and O–H groups in total. The molecule has 1 atom stereocenters. The molecule has 3 rings (SSSR count). The quantitative estimate of drug-likeness (QED) is 0.921. The second-order valence-electron chi connectivity index (χ2n) is 5.79. The maximum atomic E-state index is 11.9. The van der Waals surface area contributed by atoms with E-state index in [4.69, 9.17) is 4.74 Å². The van der Waals surface area contributed by atoms with Crippen molar-refractivity contribution in [2.75, 3.05) is 25.0 Å². The number of aryl methyl sites for hydroxylation is 2. The van der Waals surface area contributed by atoms with E-state index < -0.39 is 0 Å². The third-order valence-electron chi connectivity index (χ3n) is 4.09. The maximum absolute atomic E-state index is 11.9. The second kappa shape index (κ2) is 7.27. The normalized spacial score (nSPS) is 17.8. The summed E-state index contributed by atoms with van der Waals surface area (Å²) < 4.78 is 5.82. The number of anilines is 2. The molecule has 0 aliphatic carbocycles. The molecule has 0 bridgehead atoms. The van der Waals surface area contributed by atoms with Gasteiger partial charge in [0.1, 0.15) is 11.9 Å². The zero-order chi connectivity index (χ0) is 17.1. The fourth-order valence-corrected chi connectivity index (χ4v) is 3.44. The van der Waals surface area contributed by atoms with Crippen LogP contribution in [-0.4, -0.2) is 40.5 Å². The fourth-order valence-electron chi connectivity index (χ4n) is 2.61. The summed E-state index contributed by atoms with van der Waals surface area (Å²) in [5.74, 6) is 0.898. The smallest absolute Gasteiger partial charge is 0.222 e. The third kappa shape index (κ3) is 3.73. The van der Waals surface area contributed by atoms with Crippen LogP contribution in [0.25, 0.3) is 0 Å². The van der Waals surface area contributed by atoms with Crippen LogP contribution in [0, 0.1) is 13.8 Å². The number of nitrogens with one attached hydrogen (secondary N) is 1. The molecule has 2 aromatic rings. The minimum Gasteiger partial charge on any atom is -0.368 e. The summed E-state index contributed by atoms with van der Waals surface area (Å²) in [6, 6.07) is 5.80. The third-order valence-corrected chi connectivity index (χ3v) is 5.07. The largest absolute Gasteiger partial charge is 0.368 e. The molecular formula is C17H22N4O2S. The first-order chi connectivity index (χ1) is 11.6. The highest BCUT2D eigenvalue weighted by Crippen LogP contribution is 2.26. The van der Waals surface area contributed by atoms with Crippen molar-refractivity contribution in [3.8, 4) is 0 Å². The molecule has 1 amide bonds. The average Bonchev–Trinajstić information content (AvgIpc) is 2.92. The van der Waals surface area contributed by atoms with Gasteiger partial charge in [-0.25, -0.2) is 9.97 Å². The van der Waals surface area contributed by atoms with E-state index in [1.165, 1.54) is 4.88 Å². The summed E-state index contributed by atoms with van der Waals surface area (Å²) >= 11 is 1.61. The standard InChI is InChI=1S/C17H22N4O2S/c1-4-16(22)21-8-9-23-14(10-21)13-6-5-7-15(19-13)20-17-18-11(2)12(3)24-17/h5-7,14H,4,8-10H2,1-3H3,(H,18,19,20). The van der Waals surface area contributed by atoms with E-state index >= 15 is 0 Å². The Hall–Kier alpha value is -1.99. The van der Waals surface area contributed by atoms with Crippen molar-refractivity contribution >= 4 is 28.2 Å². The zero-order valence-electron chi connectivity index (χ0n) is 14.2. The Morgan fingerprint density at radius 3 is 2.96 bits per heavy atom.